The Morgan fingerprint density at radius 1 is 1.46 bits per heavy atom. The molecule has 0 aliphatic carbocycles. The van der Waals surface area contributed by atoms with Crippen LogP contribution in [0, 0.1) is 0 Å². The van der Waals surface area contributed by atoms with E-state index in [-0.39, 0.29) is 11.2 Å². The molecule has 0 amide bonds. The maximum atomic E-state index is 13.1. The van der Waals surface area contributed by atoms with Crippen molar-refractivity contribution in [1.29, 1.82) is 0 Å². The molecule has 0 radical (unpaired) electrons. The summed E-state index contributed by atoms with van der Waals surface area (Å²) in [6.45, 7) is 10.8. The van der Waals surface area contributed by atoms with Gasteiger partial charge < -0.3 is 4.74 Å². The van der Waals surface area contributed by atoms with Crippen LogP contribution in [0.15, 0.2) is 22.1 Å². The van der Waals surface area contributed by atoms with E-state index in [1.165, 1.54) is 0 Å². The second kappa shape index (κ2) is 6.21. The van der Waals surface area contributed by atoms with E-state index >= 15 is 0 Å². The number of aryl methyl sites for hydroxylation is 1. The van der Waals surface area contributed by atoms with Crippen molar-refractivity contribution >= 4 is 39.1 Å². The van der Waals surface area contributed by atoms with Gasteiger partial charge in [0.2, 0.25) is 5.78 Å². The molecule has 1 aliphatic heterocycles. The molecule has 8 heteroatoms. The Bertz CT molecular complexity index is 1090. The number of nitrogens with zero attached hydrogens (tertiary/aromatic N) is 4. The van der Waals surface area contributed by atoms with Crippen molar-refractivity contribution in [1.82, 2.24) is 19.2 Å². The fourth-order valence-electron chi connectivity index (χ4n) is 3.27. The minimum atomic E-state index is -0.217. The molecular weight excluding hydrogens is 368 g/mol. The van der Waals surface area contributed by atoms with E-state index in [1.807, 2.05) is 11.3 Å². The first-order chi connectivity index (χ1) is 12.3. The average molecular weight is 391 g/mol. The maximum Gasteiger partial charge on any atom is 0.263 e. The molecule has 26 heavy (non-hydrogen) atoms. The normalized spacial score (nSPS) is 20.0. The molecule has 0 aromatic carbocycles. The number of fused-ring (bicyclic) bond motifs is 5. The Labute approximate surface area is 159 Å². The molecule has 0 spiro atoms. The second-order valence-corrected chi connectivity index (χ2v) is 9.21. The van der Waals surface area contributed by atoms with Gasteiger partial charge in [-0.3, -0.25) is 9.36 Å². The fourth-order valence-corrected chi connectivity index (χ4v) is 5.32. The maximum absolute atomic E-state index is 13.1. The lowest BCUT2D eigenvalue weighted by molar-refractivity contribution is -0.0543. The minimum Gasteiger partial charge on any atom is -0.369 e. The van der Waals surface area contributed by atoms with Crippen molar-refractivity contribution in [3.8, 4) is 0 Å². The van der Waals surface area contributed by atoms with Gasteiger partial charge in [-0.15, -0.1) is 21.5 Å². The van der Waals surface area contributed by atoms with Crippen molar-refractivity contribution in [3.63, 3.8) is 0 Å². The van der Waals surface area contributed by atoms with Gasteiger partial charge in [0.1, 0.15) is 4.83 Å². The molecule has 1 aliphatic rings. The van der Waals surface area contributed by atoms with Crippen LogP contribution >= 0.6 is 23.1 Å². The first-order valence-electron chi connectivity index (χ1n) is 8.64. The Kier molecular flexibility index (Phi) is 4.24. The smallest absolute Gasteiger partial charge is 0.263 e. The molecule has 1 atom stereocenters. The van der Waals surface area contributed by atoms with Crippen LogP contribution < -0.4 is 5.56 Å². The summed E-state index contributed by atoms with van der Waals surface area (Å²) in [5, 5.41) is 10.2. The molecule has 0 saturated carbocycles. The molecule has 0 bridgehead atoms. The highest BCUT2D eigenvalue weighted by molar-refractivity contribution is 7.99. The van der Waals surface area contributed by atoms with E-state index in [9.17, 15) is 4.79 Å². The van der Waals surface area contributed by atoms with Crippen LogP contribution in [0.5, 0.6) is 0 Å². The van der Waals surface area contributed by atoms with E-state index in [1.54, 1.807) is 34.7 Å². The lowest BCUT2D eigenvalue weighted by atomic mass is 9.90. The number of hydrogen-bond acceptors (Lipinski definition) is 6. The van der Waals surface area contributed by atoms with Crippen LogP contribution in [0.2, 0.25) is 0 Å². The van der Waals surface area contributed by atoms with Crippen molar-refractivity contribution in [2.45, 2.75) is 51.0 Å². The number of thiophene rings is 1. The third-order valence-corrected chi connectivity index (χ3v) is 7.36. The van der Waals surface area contributed by atoms with Crippen LogP contribution in [0.1, 0.15) is 37.6 Å². The highest BCUT2D eigenvalue weighted by atomic mass is 32.2. The average Bonchev–Trinajstić information content (AvgIpc) is 3.18. The predicted octanol–water partition coefficient (Wildman–Crippen LogP) is 3.55. The zero-order valence-corrected chi connectivity index (χ0v) is 17.1. The van der Waals surface area contributed by atoms with Gasteiger partial charge in [-0.05, 0) is 25.8 Å². The summed E-state index contributed by atoms with van der Waals surface area (Å²) >= 11 is 3.22. The van der Waals surface area contributed by atoms with Gasteiger partial charge in [0.05, 0.1) is 17.6 Å². The summed E-state index contributed by atoms with van der Waals surface area (Å²) in [4.78, 5) is 15.1. The lowest BCUT2D eigenvalue weighted by Crippen LogP contribution is -2.34. The van der Waals surface area contributed by atoms with Crippen molar-refractivity contribution in [3.05, 3.63) is 32.9 Å². The van der Waals surface area contributed by atoms with Gasteiger partial charge in [-0.25, -0.2) is 4.40 Å². The number of aromatic nitrogens is 4. The van der Waals surface area contributed by atoms with E-state index in [0.717, 1.165) is 50.0 Å². The zero-order chi connectivity index (χ0) is 18.6. The summed E-state index contributed by atoms with van der Waals surface area (Å²) in [5.41, 5.74) is 1.98. The number of hydrogen-bond donors (Lipinski definition) is 0. The highest BCUT2D eigenvalue weighted by Gasteiger charge is 2.33. The van der Waals surface area contributed by atoms with Gasteiger partial charge >= 0.3 is 0 Å². The summed E-state index contributed by atoms with van der Waals surface area (Å²) in [6.07, 6.45) is 1.68. The lowest BCUT2D eigenvalue weighted by Gasteiger charge is -2.32. The topological polar surface area (TPSA) is 61.4 Å². The van der Waals surface area contributed by atoms with Crippen molar-refractivity contribution in [2.24, 2.45) is 7.05 Å². The Balaban J connectivity index is 2.00. The molecule has 6 nitrogen and oxygen atoms in total. The summed E-state index contributed by atoms with van der Waals surface area (Å²) in [5.74, 6) is 1.34. The van der Waals surface area contributed by atoms with E-state index in [2.05, 4.69) is 30.6 Å². The molecule has 138 valence electrons. The SMILES string of the molecule is C=C(C)CSc1nnc2n(C)c(=O)c3c4c(sc3n12)CO[C@@](C)(CC)C4. The molecule has 3 aromatic rings. The molecule has 4 rings (SSSR count). The number of rotatable bonds is 4. The largest absolute Gasteiger partial charge is 0.369 e. The third kappa shape index (κ3) is 2.62. The Hall–Kier alpha value is -1.64. The molecule has 3 aromatic heterocycles. The van der Waals surface area contributed by atoms with Gasteiger partial charge in [0.25, 0.3) is 5.56 Å². The van der Waals surface area contributed by atoms with Crippen molar-refractivity contribution in [2.75, 3.05) is 5.75 Å². The van der Waals surface area contributed by atoms with Gasteiger partial charge in [0.15, 0.2) is 5.16 Å². The quantitative estimate of drug-likeness (QED) is 0.504. The highest BCUT2D eigenvalue weighted by Crippen LogP contribution is 2.39. The number of thioether (sulfide) groups is 1. The first kappa shape index (κ1) is 17.8. The molecule has 0 unspecified atom stereocenters. The Morgan fingerprint density at radius 3 is 2.92 bits per heavy atom. The van der Waals surface area contributed by atoms with Gasteiger partial charge in [0, 0.05) is 24.1 Å². The molecule has 0 fully saturated rings. The number of ether oxygens (including phenoxy) is 1. The molecule has 4 heterocycles. The molecule has 0 saturated heterocycles. The molecular formula is C18H22N4O2S2. The van der Waals surface area contributed by atoms with E-state index < -0.39 is 0 Å². The van der Waals surface area contributed by atoms with E-state index in [4.69, 9.17) is 4.74 Å². The first-order valence-corrected chi connectivity index (χ1v) is 10.4. The van der Waals surface area contributed by atoms with Gasteiger partial charge in [-0.1, -0.05) is 30.8 Å². The van der Waals surface area contributed by atoms with Crippen LogP contribution in [-0.2, 0) is 24.8 Å². The predicted molar refractivity (Wildman–Crippen MR) is 106 cm³/mol. The molecule has 0 N–H and O–H groups in total. The second-order valence-electron chi connectivity index (χ2n) is 7.18. The van der Waals surface area contributed by atoms with E-state index in [0.29, 0.717) is 12.4 Å². The minimum absolute atomic E-state index is 0.00537. The van der Waals surface area contributed by atoms with Crippen LogP contribution in [-0.4, -0.2) is 30.5 Å². The summed E-state index contributed by atoms with van der Waals surface area (Å²) in [6, 6.07) is 0. The van der Waals surface area contributed by atoms with Crippen LogP contribution in [0.4, 0.5) is 0 Å². The fraction of sp³-hybridized carbons (Fsp3) is 0.500. The third-order valence-electron chi connectivity index (χ3n) is 5.01. The zero-order valence-electron chi connectivity index (χ0n) is 15.5. The summed E-state index contributed by atoms with van der Waals surface area (Å²) in [7, 11) is 1.77. The van der Waals surface area contributed by atoms with Crippen molar-refractivity contribution < 1.29 is 4.74 Å². The van der Waals surface area contributed by atoms with Crippen LogP contribution in [0.25, 0.3) is 16.0 Å². The standard InChI is InChI=1S/C18H22N4O2S2/c1-6-18(4)7-11-12(8-24-18)26-15-13(11)14(23)21(5)16-19-20-17(22(15)16)25-9-10(2)3/h2,6-9H2,1,3-5H3/t18-/m0/s1. The Morgan fingerprint density at radius 2 is 2.23 bits per heavy atom. The van der Waals surface area contributed by atoms with Gasteiger partial charge in [-0.2, -0.15) is 0 Å². The van der Waals surface area contributed by atoms with Crippen LogP contribution in [0.3, 0.4) is 0 Å². The monoisotopic (exact) mass is 390 g/mol. The summed E-state index contributed by atoms with van der Waals surface area (Å²) < 4.78 is 9.70.